The first-order chi connectivity index (χ1) is 7.54. The van der Waals surface area contributed by atoms with Gasteiger partial charge in [0.15, 0.2) is 0 Å². The molecular weight excluding hydrogens is 266 g/mol. The molecule has 0 radical (unpaired) electrons. The molecule has 1 rings (SSSR count). The van der Waals surface area contributed by atoms with Crippen molar-refractivity contribution in [3.63, 3.8) is 0 Å². The van der Waals surface area contributed by atoms with E-state index in [4.69, 9.17) is 4.74 Å². The van der Waals surface area contributed by atoms with Crippen LogP contribution in [0.25, 0.3) is 0 Å². The van der Waals surface area contributed by atoms with Crippen LogP contribution in [0.15, 0.2) is 16.6 Å². The lowest BCUT2D eigenvalue weighted by molar-refractivity contribution is 0.141. The minimum absolute atomic E-state index is 0.317. The second kappa shape index (κ2) is 6.26. The number of aryl methyl sites for hydroxylation is 2. The number of hydrogen-bond acceptors (Lipinski definition) is 2. The van der Waals surface area contributed by atoms with E-state index in [1.807, 2.05) is 6.92 Å². The summed E-state index contributed by atoms with van der Waals surface area (Å²) >= 11 is 3.59. The fourth-order valence-electron chi connectivity index (χ4n) is 1.68. The standard InChI is InChI=1S/C13H20BrNO/c1-5-16-8-11(4)15-13-10(3)6-9(2)7-12(13)14/h6-7,11,15H,5,8H2,1-4H3. The highest BCUT2D eigenvalue weighted by molar-refractivity contribution is 9.10. The van der Waals surface area contributed by atoms with Crippen LogP contribution in [0.5, 0.6) is 0 Å². The summed E-state index contributed by atoms with van der Waals surface area (Å²) in [7, 11) is 0. The SMILES string of the molecule is CCOCC(C)Nc1c(C)cc(C)cc1Br. The number of rotatable bonds is 5. The number of anilines is 1. The predicted octanol–water partition coefficient (Wildman–Crippen LogP) is 3.90. The van der Waals surface area contributed by atoms with Gasteiger partial charge in [0.25, 0.3) is 0 Å². The van der Waals surface area contributed by atoms with Crippen molar-refractivity contribution in [1.29, 1.82) is 0 Å². The smallest absolute Gasteiger partial charge is 0.0664 e. The van der Waals surface area contributed by atoms with E-state index in [9.17, 15) is 0 Å². The first kappa shape index (κ1) is 13.5. The third kappa shape index (κ3) is 3.80. The Hall–Kier alpha value is -0.540. The number of halogens is 1. The molecule has 2 nitrogen and oxygen atoms in total. The van der Waals surface area contributed by atoms with Gasteiger partial charge in [0.05, 0.1) is 12.3 Å². The van der Waals surface area contributed by atoms with Crippen LogP contribution in [0.2, 0.25) is 0 Å². The zero-order chi connectivity index (χ0) is 12.1. The van der Waals surface area contributed by atoms with E-state index in [0.29, 0.717) is 6.04 Å². The van der Waals surface area contributed by atoms with Crippen molar-refractivity contribution in [3.8, 4) is 0 Å². The van der Waals surface area contributed by atoms with E-state index in [-0.39, 0.29) is 0 Å². The number of hydrogen-bond donors (Lipinski definition) is 1. The molecule has 1 aromatic rings. The van der Waals surface area contributed by atoms with Gasteiger partial charge in [-0.15, -0.1) is 0 Å². The van der Waals surface area contributed by atoms with Crippen molar-refractivity contribution in [2.75, 3.05) is 18.5 Å². The van der Waals surface area contributed by atoms with Crippen LogP contribution in [0.4, 0.5) is 5.69 Å². The Bertz CT molecular complexity index is 329. The fraction of sp³-hybridized carbons (Fsp3) is 0.538. The average molecular weight is 286 g/mol. The molecule has 0 amide bonds. The maximum Gasteiger partial charge on any atom is 0.0664 e. The third-order valence-corrected chi connectivity index (χ3v) is 3.02. The lowest BCUT2D eigenvalue weighted by Crippen LogP contribution is -2.22. The highest BCUT2D eigenvalue weighted by atomic mass is 79.9. The molecule has 1 unspecified atom stereocenters. The Labute approximate surface area is 107 Å². The summed E-state index contributed by atoms with van der Waals surface area (Å²) in [6, 6.07) is 4.63. The van der Waals surface area contributed by atoms with Crippen LogP contribution in [-0.2, 0) is 4.74 Å². The molecule has 0 spiro atoms. The van der Waals surface area contributed by atoms with Gasteiger partial charge in [-0.05, 0) is 60.8 Å². The minimum atomic E-state index is 0.317. The van der Waals surface area contributed by atoms with Crippen molar-refractivity contribution >= 4 is 21.6 Å². The van der Waals surface area contributed by atoms with Gasteiger partial charge in [-0.25, -0.2) is 0 Å². The van der Waals surface area contributed by atoms with Crippen LogP contribution in [0.1, 0.15) is 25.0 Å². The highest BCUT2D eigenvalue weighted by Gasteiger charge is 2.08. The maximum absolute atomic E-state index is 5.39. The first-order valence-electron chi connectivity index (χ1n) is 5.65. The molecule has 0 aliphatic heterocycles. The van der Waals surface area contributed by atoms with Crippen molar-refractivity contribution in [1.82, 2.24) is 0 Å². The van der Waals surface area contributed by atoms with Crippen LogP contribution in [-0.4, -0.2) is 19.3 Å². The van der Waals surface area contributed by atoms with E-state index >= 15 is 0 Å². The zero-order valence-electron chi connectivity index (χ0n) is 10.4. The van der Waals surface area contributed by atoms with Crippen molar-refractivity contribution < 1.29 is 4.74 Å². The molecule has 16 heavy (non-hydrogen) atoms. The molecule has 0 saturated heterocycles. The van der Waals surface area contributed by atoms with Crippen LogP contribution in [0, 0.1) is 13.8 Å². The Balaban J connectivity index is 2.73. The second-order valence-electron chi connectivity index (χ2n) is 4.14. The summed E-state index contributed by atoms with van der Waals surface area (Å²) in [5, 5.41) is 3.47. The van der Waals surface area contributed by atoms with Crippen LogP contribution < -0.4 is 5.32 Å². The molecule has 1 N–H and O–H groups in total. The number of nitrogens with one attached hydrogen (secondary N) is 1. The Morgan fingerprint density at radius 1 is 1.38 bits per heavy atom. The van der Waals surface area contributed by atoms with E-state index in [0.717, 1.165) is 23.4 Å². The molecule has 0 bridgehead atoms. The van der Waals surface area contributed by atoms with Gasteiger partial charge in [0, 0.05) is 17.1 Å². The van der Waals surface area contributed by atoms with Crippen molar-refractivity contribution in [2.24, 2.45) is 0 Å². The molecule has 90 valence electrons. The van der Waals surface area contributed by atoms with Crippen molar-refractivity contribution in [2.45, 2.75) is 33.7 Å². The quantitative estimate of drug-likeness (QED) is 0.886. The largest absolute Gasteiger partial charge is 0.380 e. The van der Waals surface area contributed by atoms with E-state index < -0.39 is 0 Å². The predicted molar refractivity (Wildman–Crippen MR) is 73.2 cm³/mol. The molecule has 0 aromatic heterocycles. The first-order valence-corrected chi connectivity index (χ1v) is 6.45. The second-order valence-corrected chi connectivity index (χ2v) is 5.00. The highest BCUT2D eigenvalue weighted by Crippen LogP contribution is 2.28. The monoisotopic (exact) mass is 285 g/mol. The lowest BCUT2D eigenvalue weighted by atomic mass is 10.1. The summed E-state index contributed by atoms with van der Waals surface area (Å²) in [6.45, 7) is 9.86. The minimum Gasteiger partial charge on any atom is -0.380 e. The van der Waals surface area contributed by atoms with Gasteiger partial charge in [-0.3, -0.25) is 0 Å². The molecule has 0 saturated carbocycles. The van der Waals surface area contributed by atoms with Crippen LogP contribution >= 0.6 is 15.9 Å². The molecule has 3 heteroatoms. The fourth-order valence-corrected chi connectivity index (χ4v) is 2.47. The summed E-state index contributed by atoms with van der Waals surface area (Å²) in [6.07, 6.45) is 0. The van der Waals surface area contributed by atoms with E-state index in [1.54, 1.807) is 0 Å². The normalized spacial score (nSPS) is 12.6. The molecule has 0 heterocycles. The summed E-state index contributed by atoms with van der Waals surface area (Å²) in [5.74, 6) is 0. The number of ether oxygens (including phenoxy) is 1. The lowest BCUT2D eigenvalue weighted by Gasteiger charge is -2.18. The summed E-state index contributed by atoms with van der Waals surface area (Å²) in [5.41, 5.74) is 3.69. The van der Waals surface area contributed by atoms with Crippen molar-refractivity contribution in [3.05, 3.63) is 27.7 Å². The topological polar surface area (TPSA) is 21.3 Å². The van der Waals surface area contributed by atoms with E-state index in [2.05, 4.69) is 54.2 Å². The molecule has 1 aromatic carbocycles. The van der Waals surface area contributed by atoms with E-state index in [1.165, 1.54) is 11.1 Å². The molecule has 0 aliphatic carbocycles. The Kier molecular flexibility index (Phi) is 5.29. The van der Waals surface area contributed by atoms with Gasteiger partial charge in [-0.2, -0.15) is 0 Å². The van der Waals surface area contributed by atoms with Gasteiger partial charge in [0.2, 0.25) is 0 Å². The average Bonchev–Trinajstić information content (AvgIpc) is 2.20. The molecule has 0 fully saturated rings. The van der Waals surface area contributed by atoms with Gasteiger partial charge in [-0.1, -0.05) is 6.07 Å². The van der Waals surface area contributed by atoms with Gasteiger partial charge < -0.3 is 10.1 Å². The Morgan fingerprint density at radius 2 is 2.06 bits per heavy atom. The molecule has 0 aliphatic rings. The zero-order valence-corrected chi connectivity index (χ0v) is 12.0. The maximum atomic E-state index is 5.39. The molecular formula is C13H20BrNO. The van der Waals surface area contributed by atoms with Crippen LogP contribution in [0.3, 0.4) is 0 Å². The summed E-state index contributed by atoms with van der Waals surface area (Å²) in [4.78, 5) is 0. The van der Waals surface area contributed by atoms with Gasteiger partial charge in [0.1, 0.15) is 0 Å². The number of benzene rings is 1. The third-order valence-electron chi connectivity index (χ3n) is 2.39. The Morgan fingerprint density at radius 3 is 2.62 bits per heavy atom. The summed E-state index contributed by atoms with van der Waals surface area (Å²) < 4.78 is 6.51. The molecule has 1 atom stereocenters. The van der Waals surface area contributed by atoms with Gasteiger partial charge >= 0.3 is 0 Å².